The smallest absolute Gasteiger partial charge is 0.297 e. The lowest BCUT2D eigenvalue weighted by Crippen LogP contribution is -2.24. The quantitative estimate of drug-likeness (QED) is 0.527. The topological polar surface area (TPSA) is 78.3 Å². The molecule has 1 heterocycles. The van der Waals surface area contributed by atoms with Crippen molar-refractivity contribution in [3.63, 3.8) is 0 Å². The number of methoxy groups -OCH3 is 2. The van der Waals surface area contributed by atoms with Crippen molar-refractivity contribution >= 4 is 46.5 Å². The number of aromatic nitrogens is 3. The summed E-state index contributed by atoms with van der Waals surface area (Å²) in [5.74, 6) is 1.94. The van der Waals surface area contributed by atoms with Gasteiger partial charge in [0.15, 0.2) is 16.7 Å². The van der Waals surface area contributed by atoms with Gasteiger partial charge >= 0.3 is 0 Å². The summed E-state index contributed by atoms with van der Waals surface area (Å²) >= 11 is 13.5. The summed E-state index contributed by atoms with van der Waals surface area (Å²) in [7, 11) is 4.81. The third-order valence-electron chi connectivity index (χ3n) is 4.03. The molecule has 0 fully saturated rings. The minimum atomic E-state index is -0.328. The highest BCUT2D eigenvalue weighted by Crippen LogP contribution is 2.30. The van der Waals surface area contributed by atoms with Crippen LogP contribution in [0.2, 0.25) is 10.0 Å². The van der Waals surface area contributed by atoms with Crippen LogP contribution in [-0.2, 0) is 12.8 Å². The zero-order valence-corrected chi connectivity index (χ0v) is 18.2. The molecule has 0 atom stereocenters. The Morgan fingerprint density at radius 2 is 1.83 bits per heavy atom. The summed E-state index contributed by atoms with van der Waals surface area (Å²) in [5, 5.41) is 12.5. The van der Waals surface area contributed by atoms with Crippen molar-refractivity contribution in [3.8, 4) is 11.5 Å². The molecule has 0 unspecified atom stereocenters. The molecule has 0 aliphatic heterocycles. The Morgan fingerprint density at radius 3 is 2.55 bits per heavy atom. The van der Waals surface area contributed by atoms with E-state index in [2.05, 4.69) is 15.5 Å². The van der Waals surface area contributed by atoms with Gasteiger partial charge in [-0.05, 0) is 35.9 Å². The van der Waals surface area contributed by atoms with Crippen molar-refractivity contribution in [2.45, 2.75) is 10.9 Å². The molecule has 0 saturated heterocycles. The lowest BCUT2D eigenvalue weighted by molar-refractivity contribution is 0.354. The fourth-order valence-electron chi connectivity index (χ4n) is 2.49. The van der Waals surface area contributed by atoms with Crippen LogP contribution in [0.15, 0.2) is 46.3 Å². The maximum Gasteiger partial charge on any atom is 0.297 e. The van der Waals surface area contributed by atoms with Gasteiger partial charge in [-0.25, -0.2) is 0 Å². The number of anilines is 2. The SMILES string of the molecule is COc1ccc(CSc2nnc(Nc3cc(Cl)ccc3Cl)c(=O)n2C)cc1OC. The van der Waals surface area contributed by atoms with Crippen molar-refractivity contribution in [3.05, 3.63) is 62.4 Å². The van der Waals surface area contributed by atoms with Crippen LogP contribution in [0.25, 0.3) is 0 Å². The highest BCUT2D eigenvalue weighted by molar-refractivity contribution is 7.98. The Morgan fingerprint density at radius 1 is 1.07 bits per heavy atom. The molecule has 3 aromatic rings. The largest absolute Gasteiger partial charge is 0.493 e. The van der Waals surface area contributed by atoms with E-state index in [9.17, 15) is 4.79 Å². The van der Waals surface area contributed by atoms with E-state index in [1.54, 1.807) is 39.5 Å². The van der Waals surface area contributed by atoms with Crippen LogP contribution in [0.4, 0.5) is 11.5 Å². The number of rotatable bonds is 7. The van der Waals surface area contributed by atoms with Gasteiger partial charge in [-0.15, -0.1) is 10.2 Å². The van der Waals surface area contributed by atoms with Crippen LogP contribution < -0.4 is 20.3 Å². The normalized spacial score (nSPS) is 10.7. The molecule has 0 bridgehead atoms. The number of benzene rings is 2. The molecule has 0 aliphatic rings. The number of hydrogen-bond acceptors (Lipinski definition) is 7. The van der Waals surface area contributed by atoms with Crippen molar-refractivity contribution in [2.24, 2.45) is 7.05 Å². The summed E-state index contributed by atoms with van der Waals surface area (Å²) in [6, 6.07) is 10.6. The fraction of sp³-hybridized carbons (Fsp3) is 0.211. The first-order valence-electron chi connectivity index (χ1n) is 8.42. The molecule has 3 rings (SSSR count). The average molecular weight is 453 g/mol. The summed E-state index contributed by atoms with van der Waals surface area (Å²) in [6.07, 6.45) is 0. The summed E-state index contributed by atoms with van der Waals surface area (Å²) in [5.41, 5.74) is 1.15. The minimum Gasteiger partial charge on any atom is -0.493 e. The Bertz CT molecular complexity index is 1090. The molecule has 0 saturated carbocycles. The van der Waals surface area contributed by atoms with Crippen molar-refractivity contribution in [2.75, 3.05) is 19.5 Å². The van der Waals surface area contributed by atoms with E-state index in [-0.39, 0.29) is 11.4 Å². The molecule has 0 spiro atoms. The lowest BCUT2D eigenvalue weighted by atomic mass is 10.2. The Hall–Kier alpha value is -2.42. The third kappa shape index (κ3) is 4.95. The molecule has 1 N–H and O–H groups in total. The standard InChI is InChI=1S/C19H18Cl2N4O3S/c1-25-18(26)17(22-14-9-12(20)5-6-13(14)21)23-24-19(25)29-10-11-4-7-15(27-2)16(8-11)28-3/h4-9H,10H2,1-3H3,(H,22,23). The van der Waals surface area contributed by atoms with E-state index in [1.165, 1.54) is 16.3 Å². The molecule has 10 heteroatoms. The average Bonchev–Trinajstić information content (AvgIpc) is 2.73. The third-order valence-corrected chi connectivity index (χ3v) is 5.68. The number of nitrogens with one attached hydrogen (secondary N) is 1. The molecular weight excluding hydrogens is 435 g/mol. The summed E-state index contributed by atoms with van der Waals surface area (Å²) in [6.45, 7) is 0. The second-order valence-corrected chi connectivity index (χ2v) is 7.71. The van der Waals surface area contributed by atoms with Crippen LogP contribution in [0, 0.1) is 0 Å². The van der Waals surface area contributed by atoms with Crippen LogP contribution in [0.1, 0.15) is 5.56 Å². The van der Waals surface area contributed by atoms with Crippen LogP contribution in [0.5, 0.6) is 11.5 Å². The first-order valence-corrected chi connectivity index (χ1v) is 10.2. The van der Waals surface area contributed by atoms with Gasteiger partial charge in [0.2, 0.25) is 5.82 Å². The Balaban J connectivity index is 1.78. The zero-order valence-electron chi connectivity index (χ0n) is 15.9. The molecule has 2 aromatic carbocycles. The molecule has 0 radical (unpaired) electrons. The van der Waals surface area contributed by atoms with E-state index in [0.717, 1.165) is 5.56 Å². The van der Waals surface area contributed by atoms with Gasteiger partial charge in [-0.3, -0.25) is 9.36 Å². The number of hydrogen-bond donors (Lipinski definition) is 1. The van der Waals surface area contributed by atoms with Gasteiger partial charge in [0.25, 0.3) is 5.56 Å². The molecule has 0 amide bonds. The molecule has 7 nitrogen and oxygen atoms in total. The van der Waals surface area contributed by atoms with E-state index in [1.807, 2.05) is 18.2 Å². The predicted octanol–water partition coefficient (Wildman–Crippen LogP) is 4.54. The highest BCUT2D eigenvalue weighted by atomic mass is 35.5. The number of thioether (sulfide) groups is 1. The fourth-order valence-corrected chi connectivity index (χ4v) is 3.68. The first kappa shape index (κ1) is 21.3. The van der Waals surface area contributed by atoms with E-state index < -0.39 is 0 Å². The predicted molar refractivity (Wildman–Crippen MR) is 116 cm³/mol. The maximum absolute atomic E-state index is 12.7. The zero-order chi connectivity index (χ0) is 21.0. The molecule has 1 aromatic heterocycles. The Kier molecular flexibility index (Phi) is 6.89. The summed E-state index contributed by atoms with van der Waals surface area (Å²) in [4.78, 5) is 12.7. The van der Waals surface area contributed by atoms with Crippen LogP contribution in [-0.4, -0.2) is 29.0 Å². The number of halogens is 2. The van der Waals surface area contributed by atoms with E-state index >= 15 is 0 Å². The molecule has 152 valence electrons. The van der Waals surface area contributed by atoms with Crippen LogP contribution >= 0.6 is 35.0 Å². The first-order chi connectivity index (χ1) is 13.9. The monoisotopic (exact) mass is 452 g/mol. The summed E-state index contributed by atoms with van der Waals surface area (Å²) < 4.78 is 12.0. The van der Waals surface area contributed by atoms with E-state index in [4.69, 9.17) is 32.7 Å². The van der Waals surface area contributed by atoms with Gasteiger partial charge < -0.3 is 14.8 Å². The maximum atomic E-state index is 12.7. The van der Waals surface area contributed by atoms with Gasteiger partial charge in [0.05, 0.1) is 24.9 Å². The second-order valence-electron chi connectivity index (χ2n) is 5.92. The number of nitrogens with zero attached hydrogens (tertiary/aromatic N) is 3. The molecule has 0 aliphatic carbocycles. The van der Waals surface area contributed by atoms with E-state index in [0.29, 0.717) is 38.1 Å². The molecule has 29 heavy (non-hydrogen) atoms. The van der Waals surface area contributed by atoms with Gasteiger partial charge in [-0.1, -0.05) is 41.0 Å². The minimum absolute atomic E-state index is 0.0622. The lowest BCUT2D eigenvalue weighted by Gasteiger charge is -2.11. The van der Waals surface area contributed by atoms with Gasteiger partial charge in [0.1, 0.15) is 0 Å². The second kappa shape index (κ2) is 9.39. The highest BCUT2D eigenvalue weighted by Gasteiger charge is 2.13. The number of ether oxygens (including phenoxy) is 2. The molecular formula is C19H18Cl2N4O3S. The van der Waals surface area contributed by atoms with Gasteiger partial charge in [-0.2, -0.15) is 0 Å². The van der Waals surface area contributed by atoms with Crippen molar-refractivity contribution in [1.82, 2.24) is 14.8 Å². The van der Waals surface area contributed by atoms with Crippen LogP contribution in [0.3, 0.4) is 0 Å². The van der Waals surface area contributed by atoms with Crippen molar-refractivity contribution < 1.29 is 9.47 Å². The van der Waals surface area contributed by atoms with Gasteiger partial charge in [0, 0.05) is 17.8 Å². The Labute approximate surface area is 182 Å². The van der Waals surface area contributed by atoms with Crippen molar-refractivity contribution in [1.29, 1.82) is 0 Å².